The van der Waals surface area contributed by atoms with Gasteiger partial charge in [0, 0.05) is 17.6 Å². The van der Waals surface area contributed by atoms with Crippen LogP contribution in [0.15, 0.2) is 22.7 Å². The number of nitrogen functional groups attached to an aromatic ring is 1. The van der Waals surface area contributed by atoms with E-state index in [4.69, 9.17) is 10.5 Å². The maximum absolute atomic E-state index is 5.74. The second-order valence-corrected chi connectivity index (χ2v) is 5.32. The molecule has 2 aromatic rings. The molecule has 2 N–H and O–H groups in total. The lowest BCUT2D eigenvalue weighted by Gasteiger charge is -2.18. The minimum Gasteiger partial charge on any atom is -0.424 e. The van der Waals surface area contributed by atoms with Crippen LogP contribution in [0.1, 0.15) is 19.4 Å². The first-order valence-electron chi connectivity index (χ1n) is 6.74. The summed E-state index contributed by atoms with van der Waals surface area (Å²) in [5, 5.41) is 0. The van der Waals surface area contributed by atoms with Gasteiger partial charge in [-0.15, -0.1) is 0 Å². The SMILES string of the molecule is CCN(CC)c1nc(N)nc(Oc2ccc(Br)c(C)c2)n1. The largest absolute Gasteiger partial charge is 0.424 e. The predicted octanol–water partition coefficient (Wildman–Crippen LogP) is 3.16. The molecule has 1 aromatic carbocycles. The first kappa shape index (κ1) is 15.5. The quantitative estimate of drug-likeness (QED) is 0.891. The predicted molar refractivity (Wildman–Crippen MR) is 86.8 cm³/mol. The van der Waals surface area contributed by atoms with Gasteiger partial charge in [-0.25, -0.2) is 0 Å². The first-order chi connectivity index (χ1) is 10.0. The van der Waals surface area contributed by atoms with E-state index in [1.165, 1.54) is 0 Å². The Labute approximate surface area is 132 Å². The average molecular weight is 352 g/mol. The number of rotatable bonds is 5. The Morgan fingerprint density at radius 2 is 1.90 bits per heavy atom. The standard InChI is InChI=1S/C14H18BrN5O/c1-4-20(5-2)13-17-12(16)18-14(19-13)21-10-6-7-11(15)9(3)8-10/h6-8H,4-5H2,1-3H3,(H2,16,17,18,19). The number of aromatic nitrogens is 3. The zero-order valence-corrected chi connectivity index (χ0v) is 13.9. The summed E-state index contributed by atoms with van der Waals surface area (Å²) in [4.78, 5) is 14.5. The highest BCUT2D eigenvalue weighted by Gasteiger charge is 2.11. The molecule has 0 aliphatic carbocycles. The van der Waals surface area contributed by atoms with E-state index in [1.807, 2.05) is 43.9 Å². The maximum Gasteiger partial charge on any atom is 0.328 e. The van der Waals surface area contributed by atoms with Crippen molar-refractivity contribution < 1.29 is 4.74 Å². The molecule has 0 bridgehead atoms. The molecule has 6 nitrogen and oxygen atoms in total. The molecule has 112 valence electrons. The number of aryl methyl sites for hydroxylation is 1. The molecule has 1 aromatic heterocycles. The van der Waals surface area contributed by atoms with Gasteiger partial charge in [0.05, 0.1) is 0 Å². The Morgan fingerprint density at radius 3 is 2.52 bits per heavy atom. The number of hydrogen-bond donors (Lipinski definition) is 1. The van der Waals surface area contributed by atoms with E-state index in [1.54, 1.807) is 0 Å². The van der Waals surface area contributed by atoms with Crippen molar-refractivity contribution in [1.82, 2.24) is 15.0 Å². The summed E-state index contributed by atoms with van der Waals surface area (Å²) in [5.41, 5.74) is 6.81. The summed E-state index contributed by atoms with van der Waals surface area (Å²) >= 11 is 3.45. The molecule has 0 spiro atoms. The highest BCUT2D eigenvalue weighted by molar-refractivity contribution is 9.10. The van der Waals surface area contributed by atoms with Gasteiger partial charge in [0.1, 0.15) is 5.75 Å². The fraction of sp³-hybridized carbons (Fsp3) is 0.357. The average Bonchev–Trinajstić information content (AvgIpc) is 2.44. The van der Waals surface area contributed by atoms with Crippen molar-refractivity contribution in [1.29, 1.82) is 0 Å². The minimum absolute atomic E-state index is 0.149. The van der Waals surface area contributed by atoms with E-state index in [0.29, 0.717) is 11.7 Å². The summed E-state index contributed by atoms with van der Waals surface area (Å²) in [6, 6.07) is 5.86. The zero-order chi connectivity index (χ0) is 15.4. The van der Waals surface area contributed by atoms with Gasteiger partial charge < -0.3 is 15.4 Å². The summed E-state index contributed by atoms with van der Waals surface area (Å²) in [6.45, 7) is 7.62. The van der Waals surface area contributed by atoms with Crippen LogP contribution in [0.4, 0.5) is 11.9 Å². The van der Waals surface area contributed by atoms with Gasteiger partial charge in [-0.05, 0) is 44.5 Å². The molecule has 1 heterocycles. The molecule has 0 atom stereocenters. The molecule has 21 heavy (non-hydrogen) atoms. The molecule has 0 aliphatic heterocycles. The van der Waals surface area contributed by atoms with Crippen LogP contribution in [-0.2, 0) is 0 Å². The minimum atomic E-state index is 0.149. The molecule has 7 heteroatoms. The summed E-state index contributed by atoms with van der Waals surface area (Å²) in [6.07, 6.45) is 0. The Kier molecular flexibility index (Phi) is 4.95. The van der Waals surface area contributed by atoms with Gasteiger partial charge in [-0.3, -0.25) is 0 Å². The van der Waals surface area contributed by atoms with Gasteiger partial charge in [-0.2, -0.15) is 15.0 Å². The van der Waals surface area contributed by atoms with E-state index >= 15 is 0 Å². The third kappa shape index (κ3) is 3.81. The molecule has 0 radical (unpaired) electrons. The van der Waals surface area contributed by atoms with Crippen molar-refractivity contribution in [2.45, 2.75) is 20.8 Å². The number of ether oxygens (including phenoxy) is 1. The lowest BCUT2D eigenvalue weighted by molar-refractivity contribution is 0.440. The maximum atomic E-state index is 5.74. The van der Waals surface area contributed by atoms with Gasteiger partial charge in [0.15, 0.2) is 0 Å². The topological polar surface area (TPSA) is 77.2 Å². The smallest absolute Gasteiger partial charge is 0.328 e. The normalized spacial score (nSPS) is 10.5. The first-order valence-corrected chi connectivity index (χ1v) is 7.53. The highest BCUT2D eigenvalue weighted by atomic mass is 79.9. The van der Waals surface area contributed by atoms with Crippen LogP contribution in [0.2, 0.25) is 0 Å². The number of benzene rings is 1. The monoisotopic (exact) mass is 351 g/mol. The van der Waals surface area contributed by atoms with Gasteiger partial charge in [0.2, 0.25) is 11.9 Å². The molecule has 2 rings (SSSR count). The van der Waals surface area contributed by atoms with Crippen molar-refractivity contribution in [3.8, 4) is 11.8 Å². The van der Waals surface area contributed by atoms with E-state index in [0.717, 1.165) is 23.1 Å². The van der Waals surface area contributed by atoms with Crippen LogP contribution >= 0.6 is 15.9 Å². The molecular weight excluding hydrogens is 334 g/mol. The van der Waals surface area contributed by atoms with Crippen LogP contribution in [-0.4, -0.2) is 28.0 Å². The fourth-order valence-corrected chi connectivity index (χ4v) is 2.09. The van der Waals surface area contributed by atoms with E-state index in [2.05, 4.69) is 30.9 Å². The number of hydrogen-bond acceptors (Lipinski definition) is 6. The third-order valence-corrected chi connectivity index (χ3v) is 3.89. The summed E-state index contributed by atoms with van der Waals surface area (Å²) in [7, 11) is 0. The lowest BCUT2D eigenvalue weighted by atomic mass is 10.2. The lowest BCUT2D eigenvalue weighted by Crippen LogP contribution is -2.25. The second-order valence-electron chi connectivity index (χ2n) is 4.46. The number of anilines is 2. The Hall–Kier alpha value is -1.89. The van der Waals surface area contributed by atoms with Crippen LogP contribution in [0, 0.1) is 6.92 Å². The van der Waals surface area contributed by atoms with Gasteiger partial charge in [0.25, 0.3) is 0 Å². The van der Waals surface area contributed by atoms with Crippen LogP contribution in [0.3, 0.4) is 0 Å². The van der Waals surface area contributed by atoms with E-state index < -0.39 is 0 Å². The zero-order valence-electron chi connectivity index (χ0n) is 12.3. The molecular formula is C14H18BrN5O. The molecule has 0 saturated heterocycles. The summed E-state index contributed by atoms with van der Waals surface area (Å²) in [5.74, 6) is 1.33. The van der Waals surface area contributed by atoms with Crippen molar-refractivity contribution in [3.05, 3.63) is 28.2 Å². The fourth-order valence-electron chi connectivity index (χ4n) is 1.84. The highest BCUT2D eigenvalue weighted by Crippen LogP contribution is 2.25. The van der Waals surface area contributed by atoms with Crippen molar-refractivity contribution in [2.24, 2.45) is 0 Å². The Bertz CT molecular complexity index is 631. The molecule has 0 aliphatic rings. The van der Waals surface area contributed by atoms with Crippen molar-refractivity contribution >= 4 is 27.8 Å². The Balaban J connectivity index is 2.29. The molecule has 0 fully saturated rings. The van der Waals surface area contributed by atoms with Crippen LogP contribution in [0.5, 0.6) is 11.8 Å². The van der Waals surface area contributed by atoms with E-state index in [9.17, 15) is 0 Å². The number of nitrogens with zero attached hydrogens (tertiary/aromatic N) is 4. The number of halogens is 1. The molecule has 0 saturated carbocycles. The Morgan fingerprint density at radius 1 is 1.19 bits per heavy atom. The van der Waals surface area contributed by atoms with Gasteiger partial charge in [-0.1, -0.05) is 15.9 Å². The number of nitrogens with two attached hydrogens (primary N) is 1. The van der Waals surface area contributed by atoms with Crippen LogP contribution in [0.25, 0.3) is 0 Å². The van der Waals surface area contributed by atoms with E-state index in [-0.39, 0.29) is 12.0 Å². The van der Waals surface area contributed by atoms with Crippen LogP contribution < -0.4 is 15.4 Å². The molecule has 0 amide bonds. The third-order valence-electron chi connectivity index (χ3n) is 3.01. The van der Waals surface area contributed by atoms with Crippen molar-refractivity contribution in [3.63, 3.8) is 0 Å². The second kappa shape index (κ2) is 6.71. The van der Waals surface area contributed by atoms with Gasteiger partial charge >= 0.3 is 6.01 Å². The van der Waals surface area contributed by atoms with Crippen molar-refractivity contribution in [2.75, 3.05) is 23.7 Å². The summed E-state index contributed by atoms with van der Waals surface area (Å²) < 4.78 is 6.71. The molecule has 0 unspecified atom stereocenters.